The Morgan fingerprint density at radius 3 is 2.42 bits per heavy atom. The summed E-state index contributed by atoms with van der Waals surface area (Å²) in [4.78, 5) is 23.2. The van der Waals surface area contributed by atoms with E-state index in [4.69, 9.17) is 4.74 Å². The van der Waals surface area contributed by atoms with E-state index in [-0.39, 0.29) is 5.91 Å². The van der Waals surface area contributed by atoms with Crippen molar-refractivity contribution in [3.05, 3.63) is 35.4 Å². The zero-order chi connectivity index (χ0) is 14.3. The van der Waals surface area contributed by atoms with Crippen molar-refractivity contribution in [1.29, 1.82) is 0 Å². The molecule has 0 aliphatic heterocycles. The summed E-state index contributed by atoms with van der Waals surface area (Å²) in [5.41, 5.74) is 1.78. The van der Waals surface area contributed by atoms with Gasteiger partial charge in [0, 0.05) is 19.0 Å². The molecule has 104 valence electrons. The van der Waals surface area contributed by atoms with Gasteiger partial charge in [-0.3, -0.25) is 9.59 Å². The molecule has 0 saturated heterocycles. The highest BCUT2D eigenvalue weighted by molar-refractivity contribution is 5.84. The number of unbranched alkanes of at least 4 members (excludes halogenated alkanes) is 1. The minimum Gasteiger partial charge on any atom is -0.447 e. The molecule has 1 N–H and O–H groups in total. The molecule has 1 rings (SSSR count). The molecule has 0 fully saturated rings. The summed E-state index contributed by atoms with van der Waals surface area (Å²) in [7, 11) is 0. The molecule has 1 atom stereocenters. The number of nitrogens with one attached hydrogen (secondary N) is 1. The number of carbonyl (C=O) groups is 2. The van der Waals surface area contributed by atoms with E-state index in [2.05, 4.69) is 12.2 Å². The quantitative estimate of drug-likeness (QED) is 0.634. The third-order valence-electron chi connectivity index (χ3n) is 2.73. The monoisotopic (exact) mass is 263 g/mol. The van der Waals surface area contributed by atoms with Gasteiger partial charge >= 0.3 is 5.97 Å². The lowest BCUT2D eigenvalue weighted by Gasteiger charge is -2.17. The molecule has 0 radical (unpaired) electrons. The first-order chi connectivity index (χ1) is 9.04. The van der Waals surface area contributed by atoms with Crippen LogP contribution in [0.3, 0.4) is 0 Å². The molecule has 19 heavy (non-hydrogen) atoms. The van der Waals surface area contributed by atoms with E-state index in [1.54, 1.807) is 0 Å². The van der Waals surface area contributed by atoms with Gasteiger partial charge in [-0.25, -0.2) is 0 Å². The fraction of sp³-hybridized carbons (Fsp3) is 0.467. The number of hydrogen-bond donors (Lipinski definition) is 1. The van der Waals surface area contributed by atoms with Crippen LogP contribution in [0, 0.1) is 6.92 Å². The highest BCUT2D eigenvalue weighted by atomic mass is 16.5. The molecule has 1 amide bonds. The van der Waals surface area contributed by atoms with Gasteiger partial charge < -0.3 is 10.1 Å². The molecule has 0 bridgehead atoms. The third kappa shape index (κ3) is 5.12. The summed E-state index contributed by atoms with van der Waals surface area (Å²) in [6.07, 6.45) is 1.05. The van der Waals surface area contributed by atoms with Crippen molar-refractivity contribution in [2.45, 2.75) is 39.7 Å². The maximum absolute atomic E-state index is 12.1. The molecule has 1 aromatic rings. The Hall–Kier alpha value is -1.84. The van der Waals surface area contributed by atoms with Crippen molar-refractivity contribution in [1.82, 2.24) is 5.32 Å². The average Bonchev–Trinajstić information content (AvgIpc) is 2.37. The minimum atomic E-state index is -0.866. The summed E-state index contributed by atoms with van der Waals surface area (Å²) >= 11 is 0. The van der Waals surface area contributed by atoms with Gasteiger partial charge in [0.1, 0.15) is 0 Å². The lowest BCUT2D eigenvalue weighted by atomic mass is 10.1. The Labute approximate surface area is 114 Å². The van der Waals surface area contributed by atoms with Gasteiger partial charge in [-0.2, -0.15) is 0 Å². The number of amides is 1. The topological polar surface area (TPSA) is 55.4 Å². The second-order valence-corrected chi connectivity index (χ2v) is 4.54. The predicted octanol–water partition coefficient (Wildman–Crippen LogP) is 2.52. The van der Waals surface area contributed by atoms with Gasteiger partial charge in [0.2, 0.25) is 6.10 Å². The Bertz CT molecular complexity index is 426. The molecule has 0 aromatic heterocycles. The van der Waals surface area contributed by atoms with Crippen LogP contribution in [0.4, 0.5) is 0 Å². The fourth-order valence-electron chi connectivity index (χ4n) is 1.66. The van der Waals surface area contributed by atoms with Crippen LogP contribution >= 0.6 is 0 Å². The summed E-state index contributed by atoms with van der Waals surface area (Å²) in [5, 5.41) is 2.79. The van der Waals surface area contributed by atoms with Gasteiger partial charge in [-0.15, -0.1) is 0 Å². The average molecular weight is 263 g/mol. The molecular formula is C15H21NO3. The summed E-state index contributed by atoms with van der Waals surface area (Å²) < 4.78 is 5.12. The molecule has 0 aliphatic carbocycles. The van der Waals surface area contributed by atoms with E-state index >= 15 is 0 Å². The van der Waals surface area contributed by atoms with Crippen LogP contribution in [-0.4, -0.2) is 18.4 Å². The Morgan fingerprint density at radius 2 is 1.89 bits per heavy atom. The van der Waals surface area contributed by atoms with Crippen LogP contribution in [0.5, 0.6) is 0 Å². The standard InChI is InChI=1S/C15H21NO3/c1-4-5-10-16-15(18)14(19-12(3)17)13-8-6-11(2)7-9-13/h6-9,14H,4-5,10H2,1-3H3,(H,16,18). The number of carbonyl (C=O) groups excluding carboxylic acids is 2. The molecule has 4 heteroatoms. The number of ether oxygens (including phenoxy) is 1. The van der Waals surface area contributed by atoms with Crippen LogP contribution in [0.1, 0.15) is 43.9 Å². The number of aryl methyl sites for hydroxylation is 1. The van der Waals surface area contributed by atoms with E-state index in [0.717, 1.165) is 18.4 Å². The Morgan fingerprint density at radius 1 is 1.26 bits per heavy atom. The highest BCUT2D eigenvalue weighted by Crippen LogP contribution is 2.18. The van der Waals surface area contributed by atoms with Crippen molar-refractivity contribution in [2.75, 3.05) is 6.54 Å². The van der Waals surface area contributed by atoms with E-state index < -0.39 is 12.1 Å². The maximum atomic E-state index is 12.1. The second kappa shape index (κ2) is 7.56. The number of hydrogen-bond acceptors (Lipinski definition) is 3. The van der Waals surface area contributed by atoms with Crippen LogP contribution in [0.15, 0.2) is 24.3 Å². The van der Waals surface area contributed by atoms with Crippen LogP contribution < -0.4 is 5.32 Å². The summed E-state index contributed by atoms with van der Waals surface area (Å²) in [5.74, 6) is -0.733. The van der Waals surface area contributed by atoms with E-state index in [9.17, 15) is 9.59 Å². The first-order valence-electron chi connectivity index (χ1n) is 6.56. The first kappa shape index (κ1) is 15.2. The zero-order valence-corrected chi connectivity index (χ0v) is 11.7. The highest BCUT2D eigenvalue weighted by Gasteiger charge is 2.23. The Kier molecular flexibility index (Phi) is 6.06. The molecule has 0 spiro atoms. The second-order valence-electron chi connectivity index (χ2n) is 4.54. The van der Waals surface area contributed by atoms with E-state index in [0.29, 0.717) is 12.1 Å². The first-order valence-corrected chi connectivity index (χ1v) is 6.56. The van der Waals surface area contributed by atoms with Crippen molar-refractivity contribution >= 4 is 11.9 Å². The molecule has 1 aromatic carbocycles. The smallest absolute Gasteiger partial charge is 0.303 e. The third-order valence-corrected chi connectivity index (χ3v) is 2.73. The lowest BCUT2D eigenvalue weighted by Crippen LogP contribution is -2.32. The van der Waals surface area contributed by atoms with E-state index in [1.165, 1.54) is 6.92 Å². The number of esters is 1. The van der Waals surface area contributed by atoms with Gasteiger partial charge in [-0.05, 0) is 13.3 Å². The predicted molar refractivity (Wildman–Crippen MR) is 73.6 cm³/mol. The van der Waals surface area contributed by atoms with Crippen LogP contribution in [-0.2, 0) is 14.3 Å². The molecule has 0 heterocycles. The van der Waals surface area contributed by atoms with Crippen molar-refractivity contribution in [3.63, 3.8) is 0 Å². The molecule has 0 aliphatic rings. The van der Waals surface area contributed by atoms with Crippen molar-refractivity contribution in [2.24, 2.45) is 0 Å². The largest absolute Gasteiger partial charge is 0.447 e. The molecular weight excluding hydrogens is 242 g/mol. The van der Waals surface area contributed by atoms with Crippen LogP contribution in [0.25, 0.3) is 0 Å². The fourth-order valence-corrected chi connectivity index (χ4v) is 1.66. The summed E-state index contributed by atoms with van der Waals surface area (Å²) in [6, 6.07) is 7.40. The van der Waals surface area contributed by atoms with Gasteiger partial charge in [0.05, 0.1) is 0 Å². The maximum Gasteiger partial charge on any atom is 0.303 e. The molecule has 0 saturated carbocycles. The normalized spacial score (nSPS) is 11.7. The lowest BCUT2D eigenvalue weighted by molar-refractivity contribution is -0.154. The van der Waals surface area contributed by atoms with E-state index in [1.807, 2.05) is 31.2 Å². The van der Waals surface area contributed by atoms with Crippen LogP contribution in [0.2, 0.25) is 0 Å². The molecule has 4 nitrogen and oxygen atoms in total. The van der Waals surface area contributed by atoms with Gasteiger partial charge in [0.15, 0.2) is 0 Å². The van der Waals surface area contributed by atoms with Gasteiger partial charge in [0.25, 0.3) is 5.91 Å². The SMILES string of the molecule is CCCCNC(=O)C(OC(C)=O)c1ccc(C)cc1. The molecule has 1 unspecified atom stereocenters. The van der Waals surface area contributed by atoms with Crippen molar-refractivity contribution < 1.29 is 14.3 Å². The number of rotatable bonds is 6. The van der Waals surface area contributed by atoms with Crippen molar-refractivity contribution in [3.8, 4) is 0 Å². The zero-order valence-electron chi connectivity index (χ0n) is 11.7. The number of benzene rings is 1. The van der Waals surface area contributed by atoms with Gasteiger partial charge in [-0.1, -0.05) is 43.2 Å². The Balaban J connectivity index is 2.79. The summed E-state index contributed by atoms with van der Waals surface area (Å²) in [6.45, 7) is 5.92. The minimum absolute atomic E-state index is 0.271.